The number of nitrogens with one attached hydrogen (secondary N) is 1. The molecule has 2 rings (SSSR count). The van der Waals surface area contributed by atoms with Gasteiger partial charge in [-0.25, -0.2) is 4.39 Å². The molecule has 0 fully saturated rings. The van der Waals surface area contributed by atoms with E-state index >= 15 is 0 Å². The van der Waals surface area contributed by atoms with Crippen molar-refractivity contribution in [2.75, 3.05) is 7.11 Å². The van der Waals surface area contributed by atoms with Gasteiger partial charge in [0.25, 0.3) is 0 Å². The molecule has 106 valence electrons. The molecule has 0 aromatic heterocycles. The Balaban J connectivity index is 2.10. The average molecular weight is 273 g/mol. The lowest BCUT2D eigenvalue weighted by Crippen LogP contribution is -2.22. The molecule has 0 aliphatic rings. The zero-order valence-electron chi connectivity index (χ0n) is 12.1. The van der Waals surface area contributed by atoms with Crippen LogP contribution in [0.3, 0.4) is 0 Å². The monoisotopic (exact) mass is 273 g/mol. The van der Waals surface area contributed by atoms with Crippen molar-refractivity contribution in [2.45, 2.75) is 25.9 Å². The van der Waals surface area contributed by atoms with Crippen LogP contribution in [0.2, 0.25) is 0 Å². The van der Waals surface area contributed by atoms with Crippen LogP contribution in [-0.2, 0) is 0 Å². The lowest BCUT2D eigenvalue weighted by molar-refractivity contribution is 0.396. The van der Waals surface area contributed by atoms with E-state index in [2.05, 4.69) is 19.2 Å². The zero-order chi connectivity index (χ0) is 14.5. The van der Waals surface area contributed by atoms with Gasteiger partial charge in [0.15, 0.2) is 0 Å². The molecule has 0 aliphatic carbocycles. The molecule has 0 aliphatic heterocycles. The van der Waals surface area contributed by atoms with E-state index in [1.807, 2.05) is 36.4 Å². The summed E-state index contributed by atoms with van der Waals surface area (Å²) in [4.78, 5) is 0. The Kier molecular flexibility index (Phi) is 4.74. The molecule has 0 spiro atoms. The van der Waals surface area contributed by atoms with Crippen LogP contribution in [0.4, 0.5) is 4.39 Å². The fraction of sp³-hybridized carbons (Fsp3) is 0.294. The normalized spacial score (nSPS) is 13.8. The van der Waals surface area contributed by atoms with Gasteiger partial charge in [0, 0.05) is 17.6 Å². The first-order valence-electron chi connectivity index (χ1n) is 6.76. The summed E-state index contributed by atoms with van der Waals surface area (Å²) in [7, 11) is 1.68. The minimum Gasteiger partial charge on any atom is -0.496 e. The van der Waals surface area contributed by atoms with Crippen LogP contribution < -0.4 is 10.1 Å². The molecule has 2 aromatic rings. The zero-order valence-corrected chi connectivity index (χ0v) is 12.1. The third-order valence-electron chi connectivity index (χ3n) is 3.48. The summed E-state index contributed by atoms with van der Waals surface area (Å²) in [6.07, 6.45) is 0. The van der Waals surface area contributed by atoms with Crippen molar-refractivity contribution >= 4 is 0 Å². The highest BCUT2D eigenvalue weighted by Gasteiger charge is 2.14. The van der Waals surface area contributed by atoms with Crippen molar-refractivity contribution in [3.8, 4) is 5.75 Å². The van der Waals surface area contributed by atoms with Crippen LogP contribution in [0.5, 0.6) is 5.75 Å². The maximum absolute atomic E-state index is 12.9. The summed E-state index contributed by atoms with van der Waals surface area (Å²) in [6.45, 7) is 4.16. The van der Waals surface area contributed by atoms with Gasteiger partial charge in [0.05, 0.1) is 7.11 Å². The van der Waals surface area contributed by atoms with Gasteiger partial charge in [0.1, 0.15) is 11.6 Å². The van der Waals surface area contributed by atoms with Gasteiger partial charge in [-0.2, -0.15) is 0 Å². The molecule has 2 nitrogen and oxygen atoms in total. The Morgan fingerprint density at radius 1 is 0.950 bits per heavy atom. The number of hydrogen-bond acceptors (Lipinski definition) is 2. The van der Waals surface area contributed by atoms with Gasteiger partial charge in [0.2, 0.25) is 0 Å². The third kappa shape index (κ3) is 3.36. The van der Waals surface area contributed by atoms with Crippen molar-refractivity contribution in [3.63, 3.8) is 0 Å². The predicted molar refractivity (Wildman–Crippen MR) is 79.4 cm³/mol. The average Bonchev–Trinajstić information content (AvgIpc) is 2.47. The first kappa shape index (κ1) is 14.5. The fourth-order valence-electron chi connectivity index (χ4n) is 2.34. The van der Waals surface area contributed by atoms with Gasteiger partial charge < -0.3 is 10.1 Å². The van der Waals surface area contributed by atoms with Gasteiger partial charge in [-0.1, -0.05) is 30.3 Å². The summed E-state index contributed by atoms with van der Waals surface area (Å²) in [5, 5.41) is 3.50. The first-order valence-corrected chi connectivity index (χ1v) is 6.76. The fourth-order valence-corrected chi connectivity index (χ4v) is 2.34. The molecule has 2 aromatic carbocycles. The second-order valence-electron chi connectivity index (χ2n) is 4.90. The smallest absolute Gasteiger partial charge is 0.123 e. The van der Waals surface area contributed by atoms with Crippen molar-refractivity contribution < 1.29 is 9.13 Å². The van der Waals surface area contributed by atoms with E-state index in [1.54, 1.807) is 7.11 Å². The number of benzene rings is 2. The SMILES string of the molecule is COc1ccccc1C(C)NC(C)c1ccc(F)cc1. The molecule has 0 amide bonds. The molecule has 2 atom stereocenters. The second kappa shape index (κ2) is 6.53. The molecule has 3 heteroatoms. The van der Waals surface area contributed by atoms with Crippen molar-refractivity contribution in [1.29, 1.82) is 0 Å². The summed E-state index contributed by atoms with van der Waals surface area (Å²) in [6, 6.07) is 14.8. The number of hydrogen-bond donors (Lipinski definition) is 1. The number of ether oxygens (including phenoxy) is 1. The molecular weight excluding hydrogens is 253 g/mol. The summed E-state index contributed by atoms with van der Waals surface area (Å²) < 4.78 is 18.3. The Hall–Kier alpha value is -1.87. The number of rotatable bonds is 5. The molecule has 0 bridgehead atoms. The predicted octanol–water partition coefficient (Wildman–Crippen LogP) is 4.25. The van der Waals surface area contributed by atoms with E-state index in [-0.39, 0.29) is 17.9 Å². The largest absolute Gasteiger partial charge is 0.496 e. The van der Waals surface area contributed by atoms with Crippen LogP contribution in [0, 0.1) is 5.82 Å². The highest BCUT2D eigenvalue weighted by atomic mass is 19.1. The molecular formula is C17H20FNO. The van der Waals surface area contributed by atoms with Gasteiger partial charge in [-0.15, -0.1) is 0 Å². The quantitative estimate of drug-likeness (QED) is 0.879. The Bertz CT molecular complexity index is 553. The molecule has 0 saturated heterocycles. The van der Waals surface area contributed by atoms with Gasteiger partial charge in [-0.3, -0.25) is 0 Å². The van der Waals surface area contributed by atoms with E-state index in [0.29, 0.717) is 0 Å². The number of methoxy groups -OCH3 is 1. The third-order valence-corrected chi connectivity index (χ3v) is 3.48. The maximum Gasteiger partial charge on any atom is 0.123 e. The van der Waals surface area contributed by atoms with Crippen molar-refractivity contribution in [2.24, 2.45) is 0 Å². The molecule has 0 saturated carbocycles. The van der Waals surface area contributed by atoms with E-state index in [1.165, 1.54) is 12.1 Å². The Labute approximate surface area is 119 Å². The summed E-state index contributed by atoms with van der Waals surface area (Å²) >= 11 is 0. The van der Waals surface area contributed by atoms with Gasteiger partial charge >= 0.3 is 0 Å². The molecule has 0 heterocycles. The Morgan fingerprint density at radius 2 is 1.60 bits per heavy atom. The lowest BCUT2D eigenvalue weighted by Gasteiger charge is -2.22. The van der Waals surface area contributed by atoms with E-state index in [0.717, 1.165) is 16.9 Å². The van der Waals surface area contributed by atoms with Crippen LogP contribution in [0.25, 0.3) is 0 Å². The summed E-state index contributed by atoms with van der Waals surface area (Å²) in [5.41, 5.74) is 2.18. The molecule has 1 N–H and O–H groups in total. The van der Waals surface area contributed by atoms with Crippen molar-refractivity contribution in [3.05, 3.63) is 65.5 Å². The van der Waals surface area contributed by atoms with Crippen LogP contribution in [-0.4, -0.2) is 7.11 Å². The van der Waals surface area contributed by atoms with Crippen LogP contribution in [0.15, 0.2) is 48.5 Å². The highest BCUT2D eigenvalue weighted by molar-refractivity contribution is 5.35. The number of para-hydroxylation sites is 1. The minimum atomic E-state index is -0.210. The standard InChI is InChI=1S/C17H20FNO/c1-12(14-8-10-15(18)11-9-14)19-13(2)16-6-4-5-7-17(16)20-3/h4-13,19H,1-3H3. The summed E-state index contributed by atoms with van der Waals surface area (Å²) in [5.74, 6) is 0.664. The van der Waals surface area contributed by atoms with E-state index in [9.17, 15) is 4.39 Å². The van der Waals surface area contributed by atoms with E-state index < -0.39 is 0 Å². The van der Waals surface area contributed by atoms with Gasteiger partial charge in [-0.05, 0) is 37.6 Å². The maximum atomic E-state index is 12.9. The topological polar surface area (TPSA) is 21.3 Å². The molecule has 0 radical (unpaired) electrons. The van der Waals surface area contributed by atoms with Crippen molar-refractivity contribution in [1.82, 2.24) is 5.32 Å². The first-order chi connectivity index (χ1) is 9.61. The highest BCUT2D eigenvalue weighted by Crippen LogP contribution is 2.26. The van der Waals surface area contributed by atoms with Crippen LogP contribution in [0.1, 0.15) is 37.1 Å². The lowest BCUT2D eigenvalue weighted by atomic mass is 10.0. The molecule has 20 heavy (non-hydrogen) atoms. The number of halogens is 1. The van der Waals surface area contributed by atoms with E-state index in [4.69, 9.17) is 4.74 Å². The second-order valence-corrected chi connectivity index (χ2v) is 4.90. The molecule has 2 unspecified atom stereocenters. The minimum absolute atomic E-state index is 0.135. The Morgan fingerprint density at radius 3 is 2.25 bits per heavy atom. The van der Waals surface area contributed by atoms with Crippen LogP contribution >= 0.6 is 0 Å².